The largest absolute Gasteiger partial charge is 0.495 e. The molecule has 1 saturated heterocycles. The lowest BCUT2D eigenvalue weighted by Crippen LogP contribution is -2.27. The molecule has 40 heavy (non-hydrogen) atoms. The van der Waals surface area contributed by atoms with Crippen molar-refractivity contribution in [2.45, 2.75) is 30.3 Å². The van der Waals surface area contributed by atoms with Crippen molar-refractivity contribution in [3.05, 3.63) is 54.2 Å². The van der Waals surface area contributed by atoms with Crippen LogP contribution in [0.4, 0.5) is 11.6 Å². The predicted molar refractivity (Wildman–Crippen MR) is 151 cm³/mol. The smallest absolute Gasteiger partial charge is 0.244 e. The third kappa shape index (κ3) is 7.67. The average molecular weight is 567 g/mol. The minimum atomic E-state index is -3.75. The molecule has 1 aromatic heterocycles. The van der Waals surface area contributed by atoms with E-state index in [2.05, 4.69) is 26.1 Å². The van der Waals surface area contributed by atoms with Crippen LogP contribution in [0.5, 0.6) is 11.5 Å². The van der Waals surface area contributed by atoms with E-state index in [9.17, 15) is 13.7 Å². The number of benzene rings is 2. The van der Waals surface area contributed by atoms with E-state index in [-0.39, 0.29) is 16.7 Å². The second kappa shape index (κ2) is 13.5. The van der Waals surface area contributed by atoms with E-state index < -0.39 is 10.0 Å². The Labute approximate surface area is 235 Å². The zero-order valence-corrected chi connectivity index (χ0v) is 23.7. The number of sulfonamides is 1. The maximum absolute atomic E-state index is 12.8. The molecule has 3 aromatic rings. The molecule has 0 unspecified atom stereocenters. The first kappa shape index (κ1) is 29.2. The van der Waals surface area contributed by atoms with Crippen molar-refractivity contribution in [3.8, 4) is 28.8 Å². The molecular formula is C28H34N6O5S. The number of hydrogen-bond acceptors (Lipinski definition) is 10. The van der Waals surface area contributed by atoms with Crippen molar-refractivity contribution < 1.29 is 22.6 Å². The first-order valence-corrected chi connectivity index (χ1v) is 14.5. The Morgan fingerprint density at radius 2 is 1.93 bits per heavy atom. The van der Waals surface area contributed by atoms with Crippen LogP contribution in [0, 0.1) is 11.3 Å². The highest BCUT2D eigenvalue weighted by molar-refractivity contribution is 7.89. The molecule has 0 amide bonds. The van der Waals surface area contributed by atoms with Crippen LogP contribution in [0.3, 0.4) is 0 Å². The van der Waals surface area contributed by atoms with E-state index in [4.69, 9.17) is 14.2 Å². The van der Waals surface area contributed by atoms with Crippen molar-refractivity contribution >= 4 is 21.7 Å². The van der Waals surface area contributed by atoms with Gasteiger partial charge in [-0.3, -0.25) is 0 Å². The number of methoxy groups -OCH3 is 1. The predicted octanol–water partition coefficient (Wildman–Crippen LogP) is 3.56. The quantitative estimate of drug-likeness (QED) is 0.313. The maximum atomic E-state index is 12.8. The number of rotatable bonds is 12. The molecule has 2 N–H and O–H groups in total. The number of anilines is 2. The van der Waals surface area contributed by atoms with Crippen LogP contribution in [0.25, 0.3) is 11.3 Å². The molecule has 2 aromatic carbocycles. The molecule has 0 aliphatic carbocycles. The van der Waals surface area contributed by atoms with Crippen molar-refractivity contribution in [3.63, 3.8) is 0 Å². The van der Waals surface area contributed by atoms with Crippen LogP contribution in [0.15, 0.2) is 53.6 Å². The molecule has 0 radical (unpaired) electrons. The molecule has 1 aliphatic heterocycles. The Morgan fingerprint density at radius 1 is 1.12 bits per heavy atom. The van der Waals surface area contributed by atoms with Gasteiger partial charge in [0.05, 0.1) is 31.6 Å². The van der Waals surface area contributed by atoms with Gasteiger partial charge in [0.25, 0.3) is 0 Å². The van der Waals surface area contributed by atoms with E-state index in [1.807, 2.05) is 25.1 Å². The van der Waals surface area contributed by atoms with Gasteiger partial charge in [0.15, 0.2) is 0 Å². The third-order valence-electron chi connectivity index (χ3n) is 6.30. The number of hydrogen-bond donors (Lipinski definition) is 2. The number of nitrogens with zero attached hydrogens (tertiary/aromatic N) is 4. The minimum Gasteiger partial charge on any atom is -0.495 e. The van der Waals surface area contributed by atoms with Gasteiger partial charge in [0.2, 0.25) is 16.0 Å². The summed E-state index contributed by atoms with van der Waals surface area (Å²) in [5.74, 6) is 1.04. The number of aromatic nitrogens is 2. The zero-order valence-electron chi connectivity index (χ0n) is 22.9. The van der Waals surface area contributed by atoms with Crippen LogP contribution in [0.2, 0.25) is 0 Å². The van der Waals surface area contributed by atoms with E-state index in [0.29, 0.717) is 54.8 Å². The van der Waals surface area contributed by atoms with Gasteiger partial charge in [0.1, 0.15) is 28.6 Å². The highest BCUT2D eigenvalue weighted by atomic mass is 32.2. The second-order valence-electron chi connectivity index (χ2n) is 9.56. The summed E-state index contributed by atoms with van der Waals surface area (Å²) in [5.41, 5.74) is 2.33. The standard InChI is InChI=1S/C28H34N6O5S/c1-34(2)14-4-12-31-40(35,36)27-8-6-22(18-26(27)37-3)32-28-30-13-9-24(33-28)20-5-7-25(21(17-20)19-29)39-23-10-15-38-16-11-23/h5-9,13,17-18,23,31H,4,10-12,14-16H2,1-3H3,(H,30,32,33). The summed E-state index contributed by atoms with van der Waals surface area (Å²) in [5, 5.41) is 12.8. The lowest BCUT2D eigenvalue weighted by atomic mass is 10.1. The number of nitriles is 1. The van der Waals surface area contributed by atoms with Gasteiger partial charge in [-0.15, -0.1) is 0 Å². The second-order valence-corrected chi connectivity index (χ2v) is 11.3. The zero-order chi connectivity index (χ0) is 28.5. The Hall–Kier alpha value is -3.76. The summed E-state index contributed by atoms with van der Waals surface area (Å²) in [6.07, 6.45) is 3.90. The molecule has 0 saturated carbocycles. The first-order chi connectivity index (χ1) is 19.3. The monoisotopic (exact) mass is 566 g/mol. The fourth-order valence-corrected chi connectivity index (χ4v) is 5.43. The Kier molecular flexibility index (Phi) is 9.89. The van der Waals surface area contributed by atoms with Crippen LogP contribution in [-0.2, 0) is 14.8 Å². The van der Waals surface area contributed by atoms with E-state index in [1.165, 1.54) is 13.2 Å². The van der Waals surface area contributed by atoms with Gasteiger partial charge in [-0.2, -0.15) is 5.26 Å². The van der Waals surface area contributed by atoms with Crippen LogP contribution >= 0.6 is 0 Å². The highest BCUT2D eigenvalue weighted by Gasteiger charge is 2.20. The Bertz CT molecular complexity index is 1450. The Morgan fingerprint density at radius 3 is 2.65 bits per heavy atom. The van der Waals surface area contributed by atoms with Crippen LogP contribution in [-0.4, -0.2) is 76.9 Å². The fraction of sp³-hybridized carbons (Fsp3) is 0.393. The third-order valence-corrected chi connectivity index (χ3v) is 7.80. The van der Waals surface area contributed by atoms with Gasteiger partial charge in [-0.05, 0) is 63.5 Å². The molecule has 212 valence electrons. The van der Waals surface area contributed by atoms with Gasteiger partial charge in [-0.1, -0.05) is 0 Å². The molecule has 4 rings (SSSR count). The summed E-state index contributed by atoms with van der Waals surface area (Å²) in [4.78, 5) is 10.9. The summed E-state index contributed by atoms with van der Waals surface area (Å²) < 4.78 is 45.1. The van der Waals surface area contributed by atoms with E-state index in [1.54, 1.807) is 36.5 Å². The topological polar surface area (TPSA) is 139 Å². The summed E-state index contributed by atoms with van der Waals surface area (Å²) in [6, 6.07) is 14.0. The van der Waals surface area contributed by atoms with Crippen molar-refractivity contribution in [2.24, 2.45) is 0 Å². The lowest BCUT2D eigenvalue weighted by molar-refractivity contribution is 0.0254. The van der Waals surface area contributed by atoms with E-state index in [0.717, 1.165) is 24.9 Å². The number of ether oxygens (including phenoxy) is 3. The highest BCUT2D eigenvalue weighted by Crippen LogP contribution is 2.30. The summed E-state index contributed by atoms with van der Waals surface area (Å²) >= 11 is 0. The maximum Gasteiger partial charge on any atom is 0.244 e. The van der Waals surface area contributed by atoms with Crippen LogP contribution in [0.1, 0.15) is 24.8 Å². The Balaban J connectivity index is 1.48. The first-order valence-electron chi connectivity index (χ1n) is 13.0. The van der Waals surface area contributed by atoms with Gasteiger partial charge in [-0.25, -0.2) is 23.1 Å². The lowest BCUT2D eigenvalue weighted by Gasteiger charge is -2.23. The molecule has 0 bridgehead atoms. The van der Waals surface area contributed by atoms with Gasteiger partial charge >= 0.3 is 0 Å². The van der Waals surface area contributed by atoms with Gasteiger partial charge in [0, 0.05) is 42.9 Å². The minimum absolute atomic E-state index is 0.0266. The average Bonchev–Trinajstić information content (AvgIpc) is 2.96. The molecule has 0 atom stereocenters. The molecule has 11 nitrogen and oxygen atoms in total. The van der Waals surface area contributed by atoms with Gasteiger partial charge < -0.3 is 24.4 Å². The van der Waals surface area contributed by atoms with Crippen LogP contribution < -0.4 is 19.5 Å². The van der Waals surface area contributed by atoms with E-state index >= 15 is 0 Å². The fourth-order valence-electron chi connectivity index (χ4n) is 4.21. The summed E-state index contributed by atoms with van der Waals surface area (Å²) in [6.45, 7) is 2.40. The molecule has 12 heteroatoms. The summed E-state index contributed by atoms with van der Waals surface area (Å²) in [7, 11) is 1.54. The van der Waals surface area contributed by atoms with Crippen molar-refractivity contribution in [1.82, 2.24) is 19.6 Å². The SMILES string of the molecule is COc1cc(Nc2nccc(-c3ccc(OC4CCOCC4)c(C#N)c3)n2)ccc1S(=O)(=O)NCCCN(C)C. The normalized spacial score (nSPS) is 14.1. The number of nitrogens with one attached hydrogen (secondary N) is 2. The molecule has 0 spiro atoms. The molecule has 1 fully saturated rings. The molecular weight excluding hydrogens is 532 g/mol. The van der Waals surface area contributed by atoms with Crippen molar-refractivity contribution in [2.75, 3.05) is 52.8 Å². The molecule has 1 aliphatic rings. The molecule has 2 heterocycles. The van der Waals surface area contributed by atoms with Crippen molar-refractivity contribution in [1.29, 1.82) is 5.26 Å².